The Kier molecular flexibility index (Phi) is 5.86. The average molecular weight is 521 g/mol. The molecule has 0 bridgehead atoms. The van der Waals surface area contributed by atoms with E-state index in [4.69, 9.17) is 4.74 Å². The van der Waals surface area contributed by atoms with Gasteiger partial charge in [0.2, 0.25) is 0 Å². The molecule has 0 saturated carbocycles. The molecular formula is C37H32N2O. The standard InChI is InChI=1S/C37H32N2O/c1-23-17-19-39(20-18-23)34-21-32(35(24(2)33(34)22-38)27-9-13-29(40-3)14-10-27)30-15-11-28-8-7-25-5-4-6-26-12-16-31(30)37(28)36(25)26/h4-16,21,23H,17-20H2,1-3H3. The van der Waals surface area contributed by atoms with Gasteiger partial charge in [-0.25, -0.2) is 0 Å². The van der Waals surface area contributed by atoms with E-state index < -0.39 is 0 Å². The summed E-state index contributed by atoms with van der Waals surface area (Å²) in [5, 5.41) is 18.1. The Balaban J connectivity index is 1.56. The fourth-order valence-electron chi connectivity index (χ4n) is 6.75. The number of methoxy groups -OCH3 is 1. The molecule has 0 N–H and O–H groups in total. The summed E-state index contributed by atoms with van der Waals surface area (Å²) in [6.45, 7) is 6.41. The summed E-state index contributed by atoms with van der Waals surface area (Å²) in [6, 6.07) is 33.2. The van der Waals surface area contributed by atoms with Crippen LogP contribution in [0.1, 0.15) is 30.9 Å². The number of benzene rings is 6. The van der Waals surface area contributed by atoms with Gasteiger partial charge in [0.05, 0.1) is 18.4 Å². The van der Waals surface area contributed by atoms with Gasteiger partial charge in [-0.15, -0.1) is 0 Å². The van der Waals surface area contributed by atoms with E-state index in [0.717, 1.165) is 65.5 Å². The zero-order valence-corrected chi connectivity index (χ0v) is 23.3. The number of hydrogen-bond acceptors (Lipinski definition) is 3. The maximum Gasteiger partial charge on any atom is 0.118 e. The van der Waals surface area contributed by atoms with Crippen molar-refractivity contribution in [2.24, 2.45) is 5.92 Å². The van der Waals surface area contributed by atoms with E-state index in [1.807, 2.05) is 12.1 Å². The second-order valence-electron chi connectivity index (χ2n) is 11.3. The molecule has 0 amide bonds. The smallest absolute Gasteiger partial charge is 0.118 e. The third-order valence-electron chi connectivity index (χ3n) is 8.99. The zero-order valence-electron chi connectivity index (χ0n) is 23.3. The van der Waals surface area contributed by atoms with Gasteiger partial charge in [0.1, 0.15) is 11.8 Å². The molecule has 0 spiro atoms. The molecule has 1 aliphatic heterocycles. The number of anilines is 1. The van der Waals surface area contributed by atoms with E-state index in [1.165, 1.54) is 43.4 Å². The minimum atomic E-state index is 0.721. The molecule has 40 heavy (non-hydrogen) atoms. The van der Waals surface area contributed by atoms with Gasteiger partial charge < -0.3 is 9.64 Å². The first-order chi connectivity index (χ1) is 19.6. The molecule has 0 aliphatic carbocycles. The van der Waals surface area contributed by atoms with Crippen molar-refractivity contribution in [2.75, 3.05) is 25.1 Å². The number of rotatable bonds is 4. The second kappa shape index (κ2) is 9.57. The predicted molar refractivity (Wildman–Crippen MR) is 168 cm³/mol. The van der Waals surface area contributed by atoms with Crippen LogP contribution >= 0.6 is 0 Å². The van der Waals surface area contributed by atoms with Gasteiger partial charge >= 0.3 is 0 Å². The molecule has 3 nitrogen and oxygen atoms in total. The number of nitriles is 1. The summed E-state index contributed by atoms with van der Waals surface area (Å²) in [5.74, 6) is 1.55. The Bertz CT molecular complexity index is 1910. The molecule has 1 aliphatic rings. The van der Waals surface area contributed by atoms with Crippen molar-refractivity contribution >= 4 is 38.0 Å². The molecular weight excluding hydrogens is 488 g/mol. The van der Waals surface area contributed by atoms with Crippen LogP contribution < -0.4 is 9.64 Å². The molecule has 1 saturated heterocycles. The fourth-order valence-corrected chi connectivity index (χ4v) is 6.75. The fraction of sp³-hybridized carbons (Fsp3) is 0.216. The molecule has 7 rings (SSSR count). The first-order valence-corrected chi connectivity index (χ1v) is 14.2. The third-order valence-corrected chi connectivity index (χ3v) is 8.99. The zero-order chi connectivity index (χ0) is 27.4. The summed E-state index contributed by atoms with van der Waals surface area (Å²) < 4.78 is 5.47. The highest BCUT2D eigenvalue weighted by atomic mass is 16.5. The summed E-state index contributed by atoms with van der Waals surface area (Å²) in [4.78, 5) is 2.43. The first-order valence-electron chi connectivity index (χ1n) is 14.2. The highest BCUT2D eigenvalue weighted by Gasteiger charge is 2.25. The molecule has 0 atom stereocenters. The predicted octanol–water partition coefficient (Wildman–Crippen LogP) is 9.34. The summed E-state index contributed by atoms with van der Waals surface area (Å²) in [5.41, 5.74) is 7.46. The van der Waals surface area contributed by atoms with Crippen LogP contribution in [0.3, 0.4) is 0 Å². The van der Waals surface area contributed by atoms with Crippen molar-refractivity contribution in [2.45, 2.75) is 26.7 Å². The molecule has 0 aromatic heterocycles. The summed E-state index contributed by atoms with van der Waals surface area (Å²) in [6.07, 6.45) is 2.30. The monoisotopic (exact) mass is 520 g/mol. The highest BCUT2D eigenvalue weighted by Crippen LogP contribution is 2.46. The number of piperidine rings is 1. The lowest BCUT2D eigenvalue weighted by Crippen LogP contribution is -2.33. The van der Waals surface area contributed by atoms with Gasteiger partial charge in [-0.3, -0.25) is 0 Å². The van der Waals surface area contributed by atoms with Crippen LogP contribution in [0, 0.1) is 24.2 Å². The summed E-state index contributed by atoms with van der Waals surface area (Å²) in [7, 11) is 1.69. The van der Waals surface area contributed by atoms with Gasteiger partial charge in [0, 0.05) is 13.1 Å². The van der Waals surface area contributed by atoms with E-state index in [9.17, 15) is 5.26 Å². The molecule has 3 heteroatoms. The Labute approximate surface area is 235 Å². The lowest BCUT2D eigenvalue weighted by atomic mass is 9.83. The molecule has 6 aromatic carbocycles. The minimum absolute atomic E-state index is 0.721. The van der Waals surface area contributed by atoms with Crippen molar-refractivity contribution in [1.29, 1.82) is 5.26 Å². The Morgan fingerprint density at radius 2 is 1.45 bits per heavy atom. The average Bonchev–Trinajstić information content (AvgIpc) is 3.00. The van der Waals surface area contributed by atoms with E-state index in [1.54, 1.807) is 7.11 Å². The largest absolute Gasteiger partial charge is 0.497 e. The van der Waals surface area contributed by atoms with E-state index in [-0.39, 0.29) is 0 Å². The number of ether oxygens (including phenoxy) is 1. The van der Waals surface area contributed by atoms with Crippen molar-refractivity contribution < 1.29 is 4.74 Å². The van der Waals surface area contributed by atoms with Crippen LogP contribution in [-0.2, 0) is 0 Å². The van der Waals surface area contributed by atoms with Crippen LogP contribution in [0.2, 0.25) is 0 Å². The number of nitrogens with zero attached hydrogens (tertiary/aromatic N) is 2. The maximum absolute atomic E-state index is 10.5. The van der Waals surface area contributed by atoms with Crippen molar-refractivity contribution in [3.05, 3.63) is 96.1 Å². The third kappa shape index (κ3) is 3.79. The Hall–Kier alpha value is -4.55. The van der Waals surface area contributed by atoms with Crippen LogP contribution in [0.25, 0.3) is 54.6 Å². The normalized spacial score (nSPS) is 14.3. The molecule has 1 fully saturated rings. The quantitative estimate of drug-likeness (QED) is 0.217. The van der Waals surface area contributed by atoms with Crippen molar-refractivity contribution in [3.63, 3.8) is 0 Å². The molecule has 6 aromatic rings. The molecule has 0 radical (unpaired) electrons. The second-order valence-corrected chi connectivity index (χ2v) is 11.3. The summed E-state index contributed by atoms with van der Waals surface area (Å²) >= 11 is 0. The molecule has 1 heterocycles. The van der Waals surface area contributed by atoms with Gasteiger partial charge in [-0.05, 0) is 104 Å². The lowest BCUT2D eigenvalue weighted by Gasteiger charge is -2.34. The van der Waals surface area contributed by atoms with Gasteiger partial charge in [0.25, 0.3) is 0 Å². The Morgan fingerprint density at radius 1 is 0.800 bits per heavy atom. The van der Waals surface area contributed by atoms with Crippen LogP contribution in [0.4, 0.5) is 5.69 Å². The van der Waals surface area contributed by atoms with Crippen LogP contribution in [0.5, 0.6) is 5.75 Å². The maximum atomic E-state index is 10.5. The number of hydrogen-bond donors (Lipinski definition) is 0. The SMILES string of the molecule is COc1ccc(-c2c(-c3ccc4ccc5cccc6ccc3c4c56)cc(N3CCC(C)CC3)c(C#N)c2C)cc1. The van der Waals surface area contributed by atoms with Gasteiger partial charge in [-0.2, -0.15) is 5.26 Å². The van der Waals surface area contributed by atoms with E-state index >= 15 is 0 Å². The minimum Gasteiger partial charge on any atom is -0.497 e. The van der Waals surface area contributed by atoms with Crippen molar-refractivity contribution in [1.82, 2.24) is 0 Å². The van der Waals surface area contributed by atoms with Gasteiger partial charge in [0.15, 0.2) is 0 Å². The van der Waals surface area contributed by atoms with Crippen molar-refractivity contribution in [3.8, 4) is 34.1 Å². The van der Waals surface area contributed by atoms with Crippen LogP contribution in [0.15, 0.2) is 84.9 Å². The lowest BCUT2D eigenvalue weighted by molar-refractivity contribution is 0.415. The van der Waals surface area contributed by atoms with Crippen LogP contribution in [-0.4, -0.2) is 20.2 Å². The van der Waals surface area contributed by atoms with E-state index in [2.05, 4.69) is 97.6 Å². The highest BCUT2D eigenvalue weighted by molar-refractivity contribution is 6.25. The first kappa shape index (κ1) is 24.5. The topological polar surface area (TPSA) is 36.3 Å². The molecule has 0 unspecified atom stereocenters. The Morgan fingerprint density at radius 3 is 2.12 bits per heavy atom. The van der Waals surface area contributed by atoms with E-state index in [0.29, 0.717) is 0 Å². The molecule has 196 valence electrons. The van der Waals surface area contributed by atoms with Gasteiger partial charge in [-0.1, -0.05) is 73.7 Å².